The van der Waals surface area contributed by atoms with Gasteiger partial charge in [0, 0.05) is 7.05 Å². The van der Waals surface area contributed by atoms with Gasteiger partial charge in [0.2, 0.25) is 0 Å². The summed E-state index contributed by atoms with van der Waals surface area (Å²) in [4.78, 5) is 0. The lowest BCUT2D eigenvalue weighted by molar-refractivity contribution is -0.0155. The predicted molar refractivity (Wildman–Crippen MR) is 63.1 cm³/mol. The van der Waals surface area contributed by atoms with Crippen LogP contribution in [0.15, 0.2) is 6.20 Å². The SMILES string of the molecule is CCNC(COC(C)(C)C)c1cnnn1C. The van der Waals surface area contributed by atoms with E-state index in [9.17, 15) is 0 Å². The fourth-order valence-corrected chi connectivity index (χ4v) is 1.44. The molecular formula is C11H22N4O. The van der Waals surface area contributed by atoms with E-state index in [1.807, 2.05) is 7.05 Å². The second-order valence-corrected chi connectivity index (χ2v) is 4.82. The van der Waals surface area contributed by atoms with Crippen LogP contribution in [0, 0.1) is 0 Å². The Balaban J connectivity index is 2.65. The molecule has 5 heteroatoms. The summed E-state index contributed by atoms with van der Waals surface area (Å²) in [6.07, 6.45) is 1.78. The molecule has 0 aliphatic heterocycles. The van der Waals surface area contributed by atoms with Crippen molar-refractivity contribution in [2.24, 2.45) is 7.05 Å². The molecule has 1 heterocycles. The number of rotatable bonds is 5. The molecule has 16 heavy (non-hydrogen) atoms. The zero-order valence-electron chi connectivity index (χ0n) is 10.8. The number of ether oxygens (including phenoxy) is 1. The minimum atomic E-state index is -0.125. The van der Waals surface area contributed by atoms with Gasteiger partial charge in [-0.3, -0.25) is 4.68 Å². The van der Waals surface area contributed by atoms with Crippen molar-refractivity contribution in [3.05, 3.63) is 11.9 Å². The zero-order valence-corrected chi connectivity index (χ0v) is 10.8. The van der Waals surface area contributed by atoms with Gasteiger partial charge in [0.25, 0.3) is 0 Å². The minimum absolute atomic E-state index is 0.125. The molecule has 0 spiro atoms. The van der Waals surface area contributed by atoms with E-state index in [-0.39, 0.29) is 11.6 Å². The van der Waals surface area contributed by atoms with E-state index < -0.39 is 0 Å². The molecule has 1 rings (SSSR count). The van der Waals surface area contributed by atoms with Crippen LogP contribution in [0.1, 0.15) is 39.4 Å². The van der Waals surface area contributed by atoms with Gasteiger partial charge in [-0.2, -0.15) is 0 Å². The van der Waals surface area contributed by atoms with Crippen LogP contribution in [0.3, 0.4) is 0 Å². The molecule has 1 atom stereocenters. The number of nitrogens with zero attached hydrogens (tertiary/aromatic N) is 3. The zero-order chi connectivity index (χ0) is 12.2. The molecule has 0 aliphatic carbocycles. The van der Waals surface area contributed by atoms with Crippen molar-refractivity contribution in [3.8, 4) is 0 Å². The Morgan fingerprint density at radius 2 is 2.19 bits per heavy atom. The summed E-state index contributed by atoms with van der Waals surface area (Å²) in [5, 5.41) is 11.2. The van der Waals surface area contributed by atoms with Crippen molar-refractivity contribution in [2.45, 2.75) is 39.3 Å². The Morgan fingerprint density at radius 3 is 2.62 bits per heavy atom. The number of likely N-dealkylation sites (N-methyl/N-ethyl adjacent to an activating group) is 1. The van der Waals surface area contributed by atoms with Crippen LogP contribution < -0.4 is 5.32 Å². The third-order valence-electron chi connectivity index (χ3n) is 2.24. The molecule has 0 radical (unpaired) electrons. The van der Waals surface area contributed by atoms with E-state index >= 15 is 0 Å². The molecule has 1 N–H and O–H groups in total. The molecule has 0 amide bonds. The maximum Gasteiger partial charge on any atom is 0.0776 e. The summed E-state index contributed by atoms with van der Waals surface area (Å²) in [5.74, 6) is 0. The van der Waals surface area contributed by atoms with Gasteiger partial charge >= 0.3 is 0 Å². The van der Waals surface area contributed by atoms with Gasteiger partial charge in [-0.05, 0) is 27.3 Å². The summed E-state index contributed by atoms with van der Waals surface area (Å²) >= 11 is 0. The van der Waals surface area contributed by atoms with Gasteiger partial charge in [0.05, 0.1) is 30.1 Å². The largest absolute Gasteiger partial charge is 0.374 e. The summed E-state index contributed by atoms with van der Waals surface area (Å²) in [6.45, 7) is 9.75. The number of aryl methyl sites for hydroxylation is 1. The fraction of sp³-hybridized carbons (Fsp3) is 0.818. The highest BCUT2D eigenvalue weighted by molar-refractivity contribution is 5.01. The lowest BCUT2D eigenvalue weighted by Crippen LogP contribution is -2.31. The monoisotopic (exact) mass is 226 g/mol. The van der Waals surface area contributed by atoms with E-state index in [4.69, 9.17) is 4.74 Å². The smallest absolute Gasteiger partial charge is 0.0776 e. The van der Waals surface area contributed by atoms with Crippen molar-refractivity contribution in [2.75, 3.05) is 13.2 Å². The fourth-order valence-electron chi connectivity index (χ4n) is 1.44. The third-order valence-corrected chi connectivity index (χ3v) is 2.24. The first-order chi connectivity index (χ1) is 7.44. The highest BCUT2D eigenvalue weighted by atomic mass is 16.5. The maximum absolute atomic E-state index is 5.79. The molecule has 1 aromatic heterocycles. The van der Waals surface area contributed by atoms with Crippen LogP contribution >= 0.6 is 0 Å². The van der Waals surface area contributed by atoms with Crippen molar-refractivity contribution in [1.29, 1.82) is 0 Å². The minimum Gasteiger partial charge on any atom is -0.374 e. The molecule has 0 aromatic carbocycles. The Hall–Kier alpha value is -0.940. The average molecular weight is 226 g/mol. The third kappa shape index (κ3) is 3.90. The van der Waals surface area contributed by atoms with E-state index in [0.717, 1.165) is 12.2 Å². The Labute approximate surface area is 97.2 Å². The second kappa shape index (κ2) is 5.41. The molecule has 92 valence electrons. The number of hydrogen-bond donors (Lipinski definition) is 1. The van der Waals surface area contributed by atoms with Gasteiger partial charge in [-0.15, -0.1) is 5.10 Å². The van der Waals surface area contributed by atoms with Crippen LogP contribution in [-0.4, -0.2) is 33.7 Å². The van der Waals surface area contributed by atoms with E-state index in [0.29, 0.717) is 6.61 Å². The Morgan fingerprint density at radius 1 is 1.50 bits per heavy atom. The average Bonchev–Trinajstić information content (AvgIpc) is 2.57. The van der Waals surface area contributed by atoms with Crippen molar-refractivity contribution >= 4 is 0 Å². The van der Waals surface area contributed by atoms with E-state index in [2.05, 4.69) is 43.3 Å². The van der Waals surface area contributed by atoms with Gasteiger partial charge in [-0.25, -0.2) is 0 Å². The Kier molecular flexibility index (Phi) is 4.44. The van der Waals surface area contributed by atoms with Crippen LogP contribution in [0.4, 0.5) is 0 Å². The number of hydrogen-bond acceptors (Lipinski definition) is 4. The molecule has 0 fully saturated rings. The first kappa shape index (κ1) is 13.1. The van der Waals surface area contributed by atoms with Crippen LogP contribution in [0.25, 0.3) is 0 Å². The molecule has 0 aliphatic rings. The van der Waals surface area contributed by atoms with Crippen molar-refractivity contribution in [3.63, 3.8) is 0 Å². The molecule has 0 bridgehead atoms. The molecule has 1 unspecified atom stereocenters. The highest BCUT2D eigenvalue weighted by Gasteiger charge is 2.18. The topological polar surface area (TPSA) is 52.0 Å². The van der Waals surface area contributed by atoms with Gasteiger partial charge in [-0.1, -0.05) is 12.1 Å². The molecule has 1 aromatic rings. The standard InChI is InChI=1S/C11H22N4O/c1-6-12-9(8-16-11(2,3)4)10-7-13-14-15(10)5/h7,9,12H,6,8H2,1-5H3. The van der Waals surface area contributed by atoms with Gasteiger partial charge in [0.15, 0.2) is 0 Å². The maximum atomic E-state index is 5.79. The molecule has 5 nitrogen and oxygen atoms in total. The van der Waals surface area contributed by atoms with Crippen LogP contribution in [0.2, 0.25) is 0 Å². The van der Waals surface area contributed by atoms with Crippen molar-refractivity contribution in [1.82, 2.24) is 20.3 Å². The van der Waals surface area contributed by atoms with Gasteiger partial charge < -0.3 is 10.1 Å². The summed E-state index contributed by atoms with van der Waals surface area (Å²) in [5.41, 5.74) is 0.922. The van der Waals surface area contributed by atoms with Crippen molar-refractivity contribution < 1.29 is 4.74 Å². The van der Waals surface area contributed by atoms with Crippen LogP contribution in [0.5, 0.6) is 0 Å². The molecule has 0 saturated carbocycles. The van der Waals surface area contributed by atoms with E-state index in [1.54, 1.807) is 10.9 Å². The van der Waals surface area contributed by atoms with E-state index in [1.165, 1.54) is 0 Å². The normalized spacial score (nSPS) is 14.1. The lowest BCUT2D eigenvalue weighted by atomic mass is 10.1. The summed E-state index contributed by atoms with van der Waals surface area (Å²) in [6, 6.07) is 0.143. The number of nitrogens with one attached hydrogen (secondary N) is 1. The summed E-state index contributed by atoms with van der Waals surface area (Å²) < 4.78 is 7.57. The first-order valence-corrected chi connectivity index (χ1v) is 5.66. The second-order valence-electron chi connectivity index (χ2n) is 4.82. The molecular weight excluding hydrogens is 204 g/mol. The predicted octanol–water partition coefficient (Wildman–Crippen LogP) is 1.28. The highest BCUT2D eigenvalue weighted by Crippen LogP contribution is 2.15. The first-order valence-electron chi connectivity index (χ1n) is 5.66. The van der Waals surface area contributed by atoms with Crippen LogP contribution in [-0.2, 0) is 11.8 Å². The Bertz CT molecular complexity index is 316. The lowest BCUT2D eigenvalue weighted by Gasteiger charge is -2.24. The molecule has 0 saturated heterocycles. The van der Waals surface area contributed by atoms with Gasteiger partial charge in [0.1, 0.15) is 0 Å². The quantitative estimate of drug-likeness (QED) is 0.821. The number of aromatic nitrogens is 3. The summed E-state index contributed by atoms with van der Waals surface area (Å²) in [7, 11) is 1.89.